The zero-order valence-electron chi connectivity index (χ0n) is 11.5. The predicted molar refractivity (Wildman–Crippen MR) is 83.9 cm³/mol. The van der Waals surface area contributed by atoms with Crippen molar-refractivity contribution in [1.29, 1.82) is 5.26 Å². The Morgan fingerprint density at radius 1 is 1.35 bits per heavy atom. The number of amides is 2. The summed E-state index contributed by atoms with van der Waals surface area (Å²) in [5.41, 5.74) is 7.42. The van der Waals surface area contributed by atoms with Crippen molar-refractivity contribution in [3.8, 4) is 6.07 Å². The molecule has 0 saturated carbocycles. The van der Waals surface area contributed by atoms with E-state index in [-0.39, 0.29) is 11.5 Å². The number of primary amides is 1. The van der Waals surface area contributed by atoms with Crippen LogP contribution in [0.15, 0.2) is 35.7 Å². The number of H-pyrrole nitrogens is 1. The van der Waals surface area contributed by atoms with E-state index >= 15 is 0 Å². The molecule has 0 aliphatic rings. The summed E-state index contributed by atoms with van der Waals surface area (Å²) < 4.78 is 0. The van der Waals surface area contributed by atoms with Crippen LogP contribution in [0, 0.1) is 11.3 Å². The SMILES string of the molecule is N#CC(=NNc1nc[nH]c1C(N)=O)C(=O)Nc1ccc(Cl)cc1. The summed E-state index contributed by atoms with van der Waals surface area (Å²) >= 11 is 5.74. The van der Waals surface area contributed by atoms with Crippen LogP contribution in [0.25, 0.3) is 0 Å². The van der Waals surface area contributed by atoms with Crippen LogP contribution in [0.1, 0.15) is 10.5 Å². The fourth-order valence-corrected chi connectivity index (χ4v) is 1.65. The quantitative estimate of drug-likeness (QED) is 0.478. The van der Waals surface area contributed by atoms with E-state index in [0.29, 0.717) is 10.7 Å². The number of carbonyl (C=O) groups is 2. The first kappa shape index (κ1) is 16.0. The predicted octanol–water partition coefficient (Wildman–Crippen LogP) is 1.09. The summed E-state index contributed by atoms with van der Waals surface area (Å²) in [5, 5.41) is 15.6. The first-order valence-corrected chi connectivity index (χ1v) is 6.53. The molecule has 1 aromatic carbocycles. The first-order valence-electron chi connectivity index (χ1n) is 6.15. The smallest absolute Gasteiger partial charge is 0.287 e. The van der Waals surface area contributed by atoms with Crippen molar-refractivity contribution >= 4 is 40.6 Å². The summed E-state index contributed by atoms with van der Waals surface area (Å²) in [6.07, 6.45) is 1.22. The molecule has 0 aliphatic heterocycles. The number of hydrogen-bond acceptors (Lipinski definition) is 6. The molecule has 23 heavy (non-hydrogen) atoms. The lowest BCUT2D eigenvalue weighted by atomic mass is 10.3. The highest BCUT2D eigenvalue weighted by molar-refractivity contribution is 6.48. The fraction of sp³-hybridized carbons (Fsp3) is 0. The number of rotatable bonds is 5. The second-order valence-corrected chi connectivity index (χ2v) is 4.57. The Morgan fingerprint density at radius 2 is 2.04 bits per heavy atom. The van der Waals surface area contributed by atoms with Crippen LogP contribution in [0.5, 0.6) is 0 Å². The molecular weight excluding hydrogens is 322 g/mol. The van der Waals surface area contributed by atoms with Gasteiger partial charge in [-0.15, -0.1) is 0 Å². The van der Waals surface area contributed by atoms with Gasteiger partial charge in [-0.2, -0.15) is 10.4 Å². The number of carbonyl (C=O) groups excluding carboxylic acids is 2. The Bertz CT molecular complexity index is 804. The Balaban J connectivity index is 2.10. The molecular formula is C13H10ClN7O2. The number of hydrogen-bond donors (Lipinski definition) is 4. The summed E-state index contributed by atoms with van der Waals surface area (Å²) in [6, 6.07) is 7.95. The van der Waals surface area contributed by atoms with Gasteiger partial charge in [0, 0.05) is 10.7 Å². The maximum absolute atomic E-state index is 11.9. The average molecular weight is 332 g/mol. The van der Waals surface area contributed by atoms with E-state index in [2.05, 4.69) is 25.8 Å². The minimum absolute atomic E-state index is 0.00421. The summed E-state index contributed by atoms with van der Waals surface area (Å²) in [7, 11) is 0. The molecule has 0 spiro atoms. The number of aromatic amines is 1. The minimum atomic E-state index is -0.760. The molecule has 5 N–H and O–H groups in total. The molecule has 1 heterocycles. The maximum Gasteiger partial charge on any atom is 0.287 e. The van der Waals surface area contributed by atoms with Crippen LogP contribution in [0.3, 0.4) is 0 Å². The van der Waals surface area contributed by atoms with Gasteiger partial charge < -0.3 is 16.0 Å². The third-order valence-electron chi connectivity index (χ3n) is 2.58. The van der Waals surface area contributed by atoms with Crippen molar-refractivity contribution in [1.82, 2.24) is 9.97 Å². The van der Waals surface area contributed by atoms with Crippen molar-refractivity contribution in [2.45, 2.75) is 0 Å². The second-order valence-electron chi connectivity index (χ2n) is 4.14. The van der Waals surface area contributed by atoms with Gasteiger partial charge in [-0.25, -0.2) is 4.98 Å². The number of anilines is 2. The maximum atomic E-state index is 11.9. The zero-order chi connectivity index (χ0) is 16.8. The Labute approximate surface area is 135 Å². The van der Waals surface area contributed by atoms with Crippen LogP contribution in [-0.4, -0.2) is 27.5 Å². The largest absolute Gasteiger partial charge is 0.364 e. The third kappa shape index (κ3) is 4.05. The van der Waals surface area contributed by atoms with Crippen LogP contribution in [0.2, 0.25) is 5.02 Å². The molecule has 9 nitrogen and oxygen atoms in total. The van der Waals surface area contributed by atoms with Crippen molar-refractivity contribution in [2.75, 3.05) is 10.7 Å². The van der Waals surface area contributed by atoms with E-state index in [1.54, 1.807) is 30.3 Å². The lowest BCUT2D eigenvalue weighted by Gasteiger charge is -2.04. The molecule has 0 fully saturated rings. The lowest BCUT2D eigenvalue weighted by Crippen LogP contribution is -2.23. The highest BCUT2D eigenvalue weighted by Gasteiger charge is 2.14. The molecule has 10 heteroatoms. The van der Waals surface area contributed by atoms with E-state index in [0.717, 1.165) is 0 Å². The molecule has 0 atom stereocenters. The van der Waals surface area contributed by atoms with Crippen LogP contribution in [0.4, 0.5) is 11.5 Å². The van der Waals surface area contributed by atoms with E-state index in [9.17, 15) is 9.59 Å². The number of nitriles is 1. The van der Waals surface area contributed by atoms with E-state index in [4.69, 9.17) is 22.6 Å². The van der Waals surface area contributed by atoms with Gasteiger partial charge in [0.2, 0.25) is 5.71 Å². The van der Waals surface area contributed by atoms with E-state index < -0.39 is 17.5 Å². The molecule has 0 radical (unpaired) electrons. The molecule has 0 bridgehead atoms. The standard InChI is InChI=1S/C13H10ClN7O2/c14-7-1-3-8(4-2-7)19-13(23)9(5-15)20-21-12-10(11(16)22)17-6-18-12/h1-4,6,21H,(H2,16,22)(H,17,18)(H,19,23). The molecule has 1 aromatic heterocycles. The molecule has 2 rings (SSSR count). The van der Waals surface area contributed by atoms with Crippen molar-refractivity contribution in [3.63, 3.8) is 0 Å². The number of nitrogens with two attached hydrogens (primary N) is 1. The van der Waals surface area contributed by atoms with Gasteiger partial charge in [0.15, 0.2) is 5.82 Å². The van der Waals surface area contributed by atoms with Gasteiger partial charge in [-0.05, 0) is 24.3 Å². The van der Waals surface area contributed by atoms with E-state index in [1.165, 1.54) is 6.33 Å². The van der Waals surface area contributed by atoms with E-state index in [1.807, 2.05) is 0 Å². The molecule has 0 saturated heterocycles. The highest BCUT2D eigenvalue weighted by atomic mass is 35.5. The molecule has 2 aromatic rings. The van der Waals surface area contributed by atoms with Crippen LogP contribution in [-0.2, 0) is 4.79 Å². The van der Waals surface area contributed by atoms with Crippen molar-refractivity contribution < 1.29 is 9.59 Å². The number of imidazole rings is 1. The van der Waals surface area contributed by atoms with Gasteiger partial charge in [-0.1, -0.05) is 11.6 Å². The lowest BCUT2D eigenvalue weighted by molar-refractivity contribution is -0.110. The zero-order valence-corrected chi connectivity index (χ0v) is 12.3. The average Bonchev–Trinajstić information content (AvgIpc) is 2.99. The number of nitrogens with zero attached hydrogens (tertiary/aromatic N) is 3. The Hall–Kier alpha value is -3.38. The monoisotopic (exact) mass is 331 g/mol. The van der Waals surface area contributed by atoms with Gasteiger partial charge in [0.25, 0.3) is 11.8 Å². The normalized spacial score (nSPS) is 10.7. The number of hydrazone groups is 1. The number of benzene rings is 1. The first-order chi connectivity index (χ1) is 11.0. The van der Waals surface area contributed by atoms with Crippen LogP contribution >= 0.6 is 11.6 Å². The summed E-state index contributed by atoms with van der Waals surface area (Å²) in [6.45, 7) is 0. The molecule has 0 aliphatic carbocycles. The molecule has 0 unspecified atom stereocenters. The molecule has 2 amide bonds. The van der Waals surface area contributed by atoms with Gasteiger partial charge >= 0.3 is 0 Å². The summed E-state index contributed by atoms with van der Waals surface area (Å²) in [5.74, 6) is -1.49. The minimum Gasteiger partial charge on any atom is -0.364 e. The van der Waals surface area contributed by atoms with Gasteiger partial charge in [-0.3, -0.25) is 15.0 Å². The van der Waals surface area contributed by atoms with Crippen LogP contribution < -0.4 is 16.5 Å². The number of halogens is 1. The van der Waals surface area contributed by atoms with Crippen molar-refractivity contribution in [3.05, 3.63) is 41.3 Å². The van der Waals surface area contributed by atoms with Gasteiger partial charge in [0.05, 0.1) is 6.33 Å². The fourth-order valence-electron chi connectivity index (χ4n) is 1.53. The Morgan fingerprint density at radius 3 is 2.65 bits per heavy atom. The third-order valence-corrected chi connectivity index (χ3v) is 2.83. The Kier molecular flexibility index (Phi) is 4.91. The number of nitrogens with one attached hydrogen (secondary N) is 3. The second kappa shape index (κ2) is 7.06. The van der Waals surface area contributed by atoms with Gasteiger partial charge in [0.1, 0.15) is 11.8 Å². The van der Waals surface area contributed by atoms with Crippen molar-refractivity contribution in [2.24, 2.45) is 10.8 Å². The number of aromatic nitrogens is 2. The highest BCUT2D eigenvalue weighted by Crippen LogP contribution is 2.13. The molecule has 116 valence electrons. The topological polar surface area (TPSA) is 149 Å². The summed E-state index contributed by atoms with van der Waals surface area (Å²) in [4.78, 5) is 29.3.